The first kappa shape index (κ1) is 9.22. The number of ether oxygens (including phenoxy) is 1. The summed E-state index contributed by atoms with van der Waals surface area (Å²) in [6.07, 6.45) is 2.60. The molecule has 15 heavy (non-hydrogen) atoms. The standard InChI is InChI=1S/C13H17NO/c1-14-6-5-9-7-13(14)11-4-3-10(15-2)8-12(9)11/h3-4,8-9,13H,5-7H2,1-2H3. The second-order valence-electron chi connectivity index (χ2n) is 4.71. The average molecular weight is 203 g/mol. The van der Waals surface area contributed by atoms with E-state index in [9.17, 15) is 0 Å². The van der Waals surface area contributed by atoms with Gasteiger partial charge in [0, 0.05) is 6.04 Å². The van der Waals surface area contributed by atoms with Crippen LogP contribution in [-0.4, -0.2) is 25.6 Å². The second-order valence-corrected chi connectivity index (χ2v) is 4.71. The van der Waals surface area contributed by atoms with Crippen molar-refractivity contribution in [3.63, 3.8) is 0 Å². The SMILES string of the molecule is COc1ccc2c(c1)C1CCN(C)C2C1. The molecular formula is C13H17NO. The molecule has 0 aromatic heterocycles. The summed E-state index contributed by atoms with van der Waals surface area (Å²) in [6, 6.07) is 7.23. The van der Waals surface area contributed by atoms with E-state index < -0.39 is 0 Å². The van der Waals surface area contributed by atoms with Crippen LogP contribution in [0.25, 0.3) is 0 Å². The minimum absolute atomic E-state index is 0.657. The lowest BCUT2D eigenvalue weighted by atomic mass is 9.96. The lowest BCUT2D eigenvalue weighted by molar-refractivity contribution is 0.192. The highest BCUT2D eigenvalue weighted by molar-refractivity contribution is 5.44. The Kier molecular flexibility index (Phi) is 1.99. The molecule has 2 heteroatoms. The van der Waals surface area contributed by atoms with Gasteiger partial charge in [-0.1, -0.05) is 6.07 Å². The molecular weight excluding hydrogens is 186 g/mol. The number of hydrogen-bond acceptors (Lipinski definition) is 2. The van der Waals surface area contributed by atoms with Crippen molar-refractivity contribution in [1.82, 2.24) is 4.90 Å². The predicted octanol–water partition coefficient (Wildman–Crippen LogP) is 2.56. The van der Waals surface area contributed by atoms with Crippen molar-refractivity contribution in [3.05, 3.63) is 29.3 Å². The summed E-state index contributed by atoms with van der Waals surface area (Å²) in [7, 11) is 3.98. The third-order valence-electron chi connectivity index (χ3n) is 3.96. The summed E-state index contributed by atoms with van der Waals surface area (Å²) in [6.45, 7) is 1.23. The Morgan fingerprint density at radius 2 is 2.20 bits per heavy atom. The van der Waals surface area contributed by atoms with Crippen LogP contribution >= 0.6 is 0 Å². The first-order valence-electron chi connectivity index (χ1n) is 5.67. The van der Waals surface area contributed by atoms with Gasteiger partial charge in [0.05, 0.1) is 7.11 Å². The summed E-state index contributed by atoms with van der Waals surface area (Å²) in [5.74, 6) is 1.78. The summed E-state index contributed by atoms with van der Waals surface area (Å²) in [5.41, 5.74) is 3.06. The van der Waals surface area contributed by atoms with Gasteiger partial charge in [-0.2, -0.15) is 0 Å². The van der Waals surface area contributed by atoms with Gasteiger partial charge in [-0.05, 0) is 55.6 Å². The Hall–Kier alpha value is -1.02. The summed E-state index contributed by atoms with van der Waals surface area (Å²) >= 11 is 0. The number of benzene rings is 1. The number of rotatable bonds is 1. The van der Waals surface area contributed by atoms with Crippen LogP contribution in [0.2, 0.25) is 0 Å². The molecule has 0 saturated carbocycles. The molecule has 2 aliphatic rings. The molecule has 2 atom stereocenters. The van der Waals surface area contributed by atoms with Gasteiger partial charge in [0.1, 0.15) is 5.75 Å². The van der Waals surface area contributed by atoms with Gasteiger partial charge >= 0.3 is 0 Å². The molecule has 2 nitrogen and oxygen atoms in total. The van der Waals surface area contributed by atoms with Crippen LogP contribution in [0.5, 0.6) is 5.75 Å². The van der Waals surface area contributed by atoms with E-state index in [0.29, 0.717) is 6.04 Å². The smallest absolute Gasteiger partial charge is 0.119 e. The first-order valence-corrected chi connectivity index (χ1v) is 5.67. The number of piperidine rings is 1. The molecule has 1 saturated heterocycles. The quantitative estimate of drug-likeness (QED) is 0.695. The highest BCUT2D eigenvalue weighted by Gasteiger charge is 2.37. The van der Waals surface area contributed by atoms with Crippen LogP contribution in [0.15, 0.2) is 18.2 Å². The van der Waals surface area contributed by atoms with E-state index in [1.54, 1.807) is 7.11 Å². The Bertz CT molecular complexity index is 388. The van der Waals surface area contributed by atoms with Crippen LogP contribution < -0.4 is 4.74 Å². The third-order valence-corrected chi connectivity index (χ3v) is 3.96. The molecule has 1 fully saturated rings. The van der Waals surface area contributed by atoms with Crippen molar-refractivity contribution in [1.29, 1.82) is 0 Å². The number of hydrogen-bond donors (Lipinski definition) is 0. The van der Waals surface area contributed by atoms with E-state index >= 15 is 0 Å². The summed E-state index contributed by atoms with van der Waals surface area (Å²) in [5, 5.41) is 0. The van der Waals surface area contributed by atoms with Gasteiger partial charge < -0.3 is 4.74 Å². The van der Waals surface area contributed by atoms with Gasteiger partial charge in [-0.3, -0.25) is 4.90 Å². The molecule has 3 rings (SSSR count). The van der Waals surface area contributed by atoms with Crippen molar-refractivity contribution in [2.75, 3.05) is 20.7 Å². The van der Waals surface area contributed by atoms with Gasteiger partial charge in [0.2, 0.25) is 0 Å². The van der Waals surface area contributed by atoms with Gasteiger partial charge in [-0.25, -0.2) is 0 Å². The average Bonchev–Trinajstić information content (AvgIpc) is 2.58. The maximum atomic E-state index is 5.30. The summed E-state index contributed by atoms with van der Waals surface area (Å²) in [4.78, 5) is 2.48. The van der Waals surface area contributed by atoms with E-state index in [2.05, 4.69) is 30.1 Å². The van der Waals surface area contributed by atoms with Crippen molar-refractivity contribution in [2.24, 2.45) is 0 Å². The van der Waals surface area contributed by atoms with Gasteiger partial charge in [0.25, 0.3) is 0 Å². The van der Waals surface area contributed by atoms with Crippen molar-refractivity contribution < 1.29 is 4.74 Å². The number of nitrogens with zero attached hydrogens (tertiary/aromatic N) is 1. The normalized spacial score (nSPS) is 28.9. The fraction of sp³-hybridized carbons (Fsp3) is 0.538. The molecule has 1 aliphatic heterocycles. The molecule has 0 N–H and O–H groups in total. The zero-order valence-corrected chi connectivity index (χ0v) is 9.36. The summed E-state index contributed by atoms with van der Waals surface area (Å²) < 4.78 is 5.30. The molecule has 1 aromatic rings. The fourth-order valence-electron chi connectivity index (χ4n) is 3.07. The van der Waals surface area contributed by atoms with Gasteiger partial charge in [0.15, 0.2) is 0 Å². The predicted molar refractivity (Wildman–Crippen MR) is 60.3 cm³/mol. The Morgan fingerprint density at radius 1 is 1.33 bits per heavy atom. The number of likely N-dealkylation sites (tertiary alicyclic amines) is 1. The van der Waals surface area contributed by atoms with Gasteiger partial charge in [-0.15, -0.1) is 0 Å². The minimum atomic E-state index is 0.657. The lowest BCUT2D eigenvalue weighted by Gasteiger charge is -2.29. The molecule has 80 valence electrons. The second kappa shape index (κ2) is 3.24. The van der Waals surface area contributed by atoms with E-state index in [-0.39, 0.29) is 0 Å². The van der Waals surface area contributed by atoms with E-state index in [1.165, 1.54) is 30.5 Å². The fourth-order valence-corrected chi connectivity index (χ4v) is 3.07. The zero-order chi connectivity index (χ0) is 10.4. The molecule has 2 unspecified atom stereocenters. The van der Waals surface area contributed by atoms with Crippen LogP contribution in [-0.2, 0) is 0 Å². The number of methoxy groups -OCH3 is 1. The van der Waals surface area contributed by atoms with Crippen molar-refractivity contribution in [3.8, 4) is 5.75 Å². The maximum Gasteiger partial charge on any atom is 0.119 e. The van der Waals surface area contributed by atoms with Crippen molar-refractivity contribution in [2.45, 2.75) is 24.8 Å². The molecule has 1 aromatic carbocycles. The molecule has 0 amide bonds. The minimum Gasteiger partial charge on any atom is -0.497 e. The van der Waals surface area contributed by atoms with Crippen molar-refractivity contribution >= 4 is 0 Å². The Labute approximate surface area is 90.8 Å². The maximum absolute atomic E-state index is 5.30. The monoisotopic (exact) mass is 203 g/mol. The molecule has 1 aliphatic carbocycles. The molecule has 0 spiro atoms. The van der Waals surface area contributed by atoms with E-state index in [4.69, 9.17) is 4.74 Å². The van der Waals surface area contributed by atoms with E-state index in [0.717, 1.165) is 11.7 Å². The Balaban J connectivity index is 2.07. The van der Waals surface area contributed by atoms with Crippen LogP contribution in [0.1, 0.15) is 35.9 Å². The first-order chi connectivity index (χ1) is 7.29. The lowest BCUT2D eigenvalue weighted by Crippen LogP contribution is -2.28. The van der Waals surface area contributed by atoms with Crippen LogP contribution in [0, 0.1) is 0 Å². The third kappa shape index (κ3) is 1.28. The highest BCUT2D eigenvalue weighted by Crippen LogP contribution is 2.48. The number of fused-ring (bicyclic) bond motifs is 5. The zero-order valence-electron chi connectivity index (χ0n) is 9.36. The molecule has 2 bridgehead atoms. The highest BCUT2D eigenvalue weighted by atomic mass is 16.5. The topological polar surface area (TPSA) is 12.5 Å². The largest absolute Gasteiger partial charge is 0.497 e. The Morgan fingerprint density at radius 3 is 3.00 bits per heavy atom. The van der Waals surface area contributed by atoms with Crippen LogP contribution in [0.3, 0.4) is 0 Å². The molecule has 0 radical (unpaired) electrons. The van der Waals surface area contributed by atoms with E-state index in [1.807, 2.05) is 0 Å². The van der Waals surface area contributed by atoms with Crippen LogP contribution in [0.4, 0.5) is 0 Å². The molecule has 1 heterocycles.